The fourth-order valence-corrected chi connectivity index (χ4v) is 2.22. The maximum atomic E-state index is 11.9. The van der Waals surface area contributed by atoms with Gasteiger partial charge >= 0.3 is 0 Å². The molecule has 120 valence electrons. The SMILES string of the molecule is COc1ccc(CNC(=O)/C=C/c2cccc(Cl)c2)c(OC)c1. The first-order chi connectivity index (χ1) is 11.1. The molecule has 1 amide bonds. The molecule has 23 heavy (non-hydrogen) atoms. The summed E-state index contributed by atoms with van der Waals surface area (Å²) in [5, 5.41) is 3.45. The van der Waals surface area contributed by atoms with Gasteiger partial charge in [0.25, 0.3) is 0 Å². The van der Waals surface area contributed by atoms with Crippen LogP contribution in [0.5, 0.6) is 11.5 Å². The third-order valence-corrected chi connectivity index (χ3v) is 3.46. The smallest absolute Gasteiger partial charge is 0.244 e. The zero-order valence-electron chi connectivity index (χ0n) is 13.0. The summed E-state index contributed by atoms with van der Waals surface area (Å²) in [4.78, 5) is 11.9. The Hall–Kier alpha value is -2.46. The summed E-state index contributed by atoms with van der Waals surface area (Å²) in [6.07, 6.45) is 3.19. The molecule has 0 bridgehead atoms. The Balaban J connectivity index is 1.96. The molecule has 2 aromatic rings. The number of carbonyl (C=O) groups is 1. The van der Waals surface area contributed by atoms with E-state index in [0.29, 0.717) is 23.1 Å². The van der Waals surface area contributed by atoms with Gasteiger partial charge in [-0.2, -0.15) is 0 Å². The maximum Gasteiger partial charge on any atom is 0.244 e. The summed E-state index contributed by atoms with van der Waals surface area (Å²) < 4.78 is 10.4. The predicted molar refractivity (Wildman–Crippen MR) is 91.9 cm³/mol. The number of hydrogen-bond donors (Lipinski definition) is 1. The highest BCUT2D eigenvalue weighted by molar-refractivity contribution is 6.30. The highest BCUT2D eigenvalue weighted by atomic mass is 35.5. The molecule has 0 spiro atoms. The monoisotopic (exact) mass is 331 g/mol. The number of halogens is 1. The molecule has 2 rings (SSSR count). The quantitative estimate of drug-likeness (QED) is 0.821. The lowest BCUT2D eigenvalue weighted by Crippen LogP contribution is -2.20. The molecule has 0 radical (unpaired) electrons. The highest BCUT2D eigenvalue weighted by Crippen LogP contribution is 2.24. The number of hydrogen-bond acceptors (Lipinski definition) is 3. The number of methoxy groups -OCH3 is 2. The Morgan fingerprint density at radius 3 is 2.70 bits per heavy atom. The van der Waals surface area contributed by atoms with Gasteiger partial charge < -0.3 is 14.8 Å². The molecule has 0 aliphatic heterocycles. The van der Waals surface area contributed by atoms with Crippen molar-refractivity contribution in [2.24, 2.45) is 0 Å². The van der Waals surface area contributed by atoms with Crippen LogP contribution in [0.3, 0.4) is 0 Å². The third-order valence-electron chi connectivity index (χ3n) is 3.22. The van der Waals surface area contributed by atoms with E-state index < -0.39 is 0 Å². The molecule has 0 heterocycles. The van der Waals surface area contributed by atoms with Gasteiger partial charge in [0.1, 0.15) is 11.5 Å². The van der Waals surface area contributed by atoms with Crippen LogP contribution in [0, 0.1) is 0 Å². The Labute approximate surface area is 140 Å². The van der Waals surface area contributed by atoms with E-state index in [9.17, 15) is 4.79 Å². The van der Waals surface area contributed by atoms with Crippen LogP contribution in [0.2, 0.25) is 5.02 Å². The average molecular weight is 332 g/mol. The fourth-order valence-electron chi connectivity index (χ4n) is 2.02. The number of nitrogens with one attached hydrogen (secondary N) is 1. The van der Waals surface area contributed by atoms with Crippen molar-refractivity contribution in [3.8, 4) is 11.5 Å². The Morgan fingerprint density at radius 1 is 1.17 bits per heavy atom. The van der Waals surface area contributed by atoms with Crippen LogP contribution in [0.1, 0.15) is 11.1 Å². The molecule has 1 N–H and O–H groups in total. The topological polar surface area (TPSA) is 47.6 Å². The van der Waals surface area contributed by atoms with Crippen molar-refractivity contribution in [3.63, 3.8) is 0 Å². The van der Waals surface area contributed by atoms with Crippen molar-refractivity contribution < 1.29 is 14.3 Å². The number of ether oxygens (including phenoxy) is 2. The minimum absolute atomic E-state index is 0.192. The second-order valence-electron chi connectivity index (χ2n) is 4.78. The lowest BCUT2D eigenvalue weighted by molar-refractivity contribution is -0.116. The van der Waals surface area contributed by atoms with Crippen LogP contribution in [-0.2, 0) is 11.3 Å². The molecular weight excluding hydrogens is 314 g/mol. The van der Waals surface area contributed by atoms with Gasteiger partial charge in [-0.05, 0) is 35.9 Å². The summed E-state index contributed by atoms with van der Waals surface area (Å²) in [5.74, 6) is 1.18. The molecule has 5 heteroatoms. The van der Waals surface area contributed by atoms with Crippen LogP contribution in [0.15, 0.2) is 48.5 Å². The third kappa shape index (κ3) is 5.04. The predicted octanol–water partition coefficient (Wildman–Crippen LogP) is 3.69. The average Bonchev–Trinajstić information content (AvgIpc) is 2.58. The molecule has 0 fully saturated rings. The summed E-state index contributed by atoms with van der Waals surface area (Å²) in [5.41, 5.74) is 1.74. The minimum Gasteiger partial charge on any atom is -0.497 e. The maximum absolute atomic E-state index is 11.9. The second-order valence-corrected chi connectivity index (χ2v) is 5.22. The molecule has 0 atom stereocenters. The van der Waals surface area contributed by atoms with Crippen molar-refractivity contribution in [2.45, 2.75) is 6.54 Å². The van der Waals surface area contributed by atoms with E-state index in [0.717, 1.165) is 11.1 Å². The van der Waals surface area contributed by atoms with Crippen LogP contribution in [0.4, 0.5) is 0 Å². The first-order valence-electron chi connectivity index (χ1n) is 7.05. The van der Waals surface area contributed by atoms with E-state index in [2.05, 4.69) is 5.32 Å². The van der Waals surface area contributed by atoms with Crippen molar-refractivity contribution >= 4 is 23.6 Å². The first-order valence-corrected chi connectivity index (χ1v) is 7.42. The van der Waals surface area contributed by atoms with Crippen molar-refractivity contribution in [3.05, 3.63) is 64.7 Å². The van der Waals surface area contributed by atoms with E-state index in [4.69, 9.17) is 21.1 Å². The van der Waals surface area contributed by atoms with Crippen molar-refractivity contribution in [2.75, 3.05) is 14.2 Å². The van der Waals surface area contributed by atoms with Crippen molar-refractivity contribution in [1.29, 1.82) is 0 Å². The van der Waals surface area contributed by atoms with Gasteiger partial charge in [-0.1, -0.05) is 23.7 Å². The number of carbonyl (C=O) groups excluding carboxylic acids is 1. The number of rotatable bonds is 6. The van der Waals surface area contributed by atoms with E-state index in [1.807, 2.05) is 24.3 Å². The Bertz CT molecular complexity index is 713. The minimum atomic E-state index is -0.192. The Morgan fingerprint density at radius 2 is 2.00 bits per heavy atom. The number of benzene rings is 2. The largest absolute Gasteiger partial charge is 0.497 e. The first kappa shape index (κ1) is 16.9. The highest BCUT2D eigenvalue weighted by Gasteiger charge is 2.06. The summed E-state index contributed by atoms with van der Waals surface area (Å²) >= 11 is 5.90. The lowest BCUT2D eigenvalue weighted by atomic mass is 10.2. The lowest BCUT2D eigenvalue weighted by Gasteiger charge is -2.10. The van der Waals surface area contributed by atoms with Gasteiger partial charge in [-0.25, -0.2) is 0 Å². The molecule has 4 nitrogen and oxygen atoms in total. The number of amides is 1. The molecule has 0 saturated carbocycles. The summed E-state index contributed by atoms with van der Waals surface area (Å²) in [7, 11) is 3.18. The molecule has 0 unspecified atom stereocenters. The summed E-state index contributed by atoms with van der Waals surface area (Å²) in [6, 6.07) is 12.8. The zero-order valence-corrected chi connectivity index (χ0v) is 13.8. The molecule has 0 aliphatic carbocycles. The molecule has 0 aromatic heterocycles. The normalized spacial score (nSPS) is 10.6. The van der Waals surface area contributed by atoms with Crippen LogP contribution < -0.4 is 14.8 Å². The van der Waals surface area contributed by atoms with Crippen LogP contribution >= 0.6 is 11.6 Å². The standard InChI is InChI=1S/C18H18ClNO3/c1-22-16-8-7-14(17(11-16)23-2)12-20-18(21)9-6-13-4-3-5-15(19)10-13/h3-11H,12H2,1-2H3,(H,20,21)/b9-6+. The molecule has 2 aromatic carbocycles. The van der Waals surface area contributed by atoms with Crippen molar-refractivity contribution in [1.82, 2.24) is 5.32 Å². The second kappa shape index (κ2) is 8.25. The fraction of sp³-hybridized carbons (Fsp3) is 0.167. The van der Waals surface area contributed by atoms with Crippen LogP contribution in [0.25, 0.3) is 6.08 Å². The van der Waals surface area contributed by atoms with E-state index in [-0.39, 0.29) is 5.91 Å². The Kier molecular flexibility index (Phi) is 6.06. The molecular formula is C18H18ClNO3. The molecule has 0 aliphatic rings. The molecule has 0 saturated heterocycles. The van der Waals surface area contributed by atoms with E-state index in [1.165, 1.54) is 6.08 Å². The van der Waals surface area contributed by atoms with Gasteiger partial charge in [-0.3, -0.25) is 4.79 Å². The van der Waals surface area contributed by atoms with E-state index >= 15 is 0 Å². The van der Waals surface area contributed by atoms with Gasteiger partial charge in [0.15, 0.2) is 0 Å². The van der Waals surface area contributed by atoms with Gasteiger partial charge in [0.05, 0.1) is 14.2 Å². The van der Waals surface area contributed by atoms with Gasteiger partial charge in [0, 0.05) is 29.3 Å². The van der Waals surface area contributed by atoms with Crippen LogP contribution in [-0.4, -0.2) is 20.1 Å². The van der Waals surface area contributed by atoms with Gasteiger partial charge in [0.2, 0.25) is 5.91 Å². The van der Waals surface area contributed by atoms with Gasteiger partial charge in [-0.15, -0.1) is 0 Å². The van der Waals surface area contributed by atoms with E-state index in [1.54, 1.807) is 38.5 Å². The zero-order chi connectivity index (χ0) is 16.7. The summed E-state index contributed by atoms with van der Waals surface area (Å²) in [6.45, 7) is 0.367.